The molecule has 7 heteroatoms. The van der Waals surface area contributed by atoms with E-state index < -0.39 is 5.69 Å². The number of likely N-dealkylation sites (tertiary alicyclic amines) is 1. The Kier molecular flexibility index (Phi) is 3.94. The van der Waals surface area contributed by atoms with Crippen LogP contribution < -0.4 is 5.69 Å². The van der Waals surface area contributed by atoms with Gasteiger partial charge in [0.2, 0.25) is 0 Å². The van der Waals surface area contributed by atoms with E-state index in [0.717, 1.165) is 23.6 Å². The standard InChI is InChI=1S/C16H19N5O2/c1-9-6-10(2)18-14(17-9)12-4-5-21(8-12)15(22)13-7-11(3)19-16(23)20-13/h6-7,12H,4-5,8H2,1-3H3,(H,19,20,23)/t12-/m1/s1. The van der Waals surface area contributed by atoms with Gasteiger partial charge in [0.05, 0.1) is 0 Å². The molecule has 0 bridgehead atoms. The molecule has 0 spiro atoms. The van der Waals surface area contributed by atoms with E-state index in [1.807, 2.05) is 19.9 Å². The number of nitrogens with zero attached hydrogens (tertiary/aromatic N) is 4. The predicted octanol–water partition coefficient (Wildman–Crippen LogP) is 1.11. The predicted molar refractivity (Wildman–Crippen MR) is 84.4 cm³/mol. The van der Waals surface area contributed by atoms with Gasteiger partial charge in [0.25, 0.3) is 5.91 Å². The van der Waals surface area contributed by atoms with Crippen molar-refractivity contribution < 1.29 is 4.79 Å². The lowest BCUT2D eigenvalue weighted by Gasteiger charge is -2.16. The summed E-state index contributed by atoms with van der Waals surface area (Å²) in [6, 6.07) is 3.54. The molecule has 1 aliphatic rings. The fraction of sp³-hybridized carbons (Fsp3) is 0.438. The Hall–Kier alpha value is -2.57. The van der Waals surface area contributed by atoms with Crippen molar-refractivity contribution in [1.82, 2.24) is 24.8 Å². The lowest BCUT2D eigenvalue weighted by atomic mass is 10.1. The zero-order valence-corrected chi connectivity index (χ0v) is 13.5. The number of nitrogens with one attached hydrogen (secondary N) is 1. The highest BCUT2D eigenvalue weighted by atomic mass is 16.2. The van der Waals surface area contributed by atoms with Crippen LogP contribution in [0.2, 0.25) is 0 Å². The van der Waals surface area contributed by atoms with Crippen molar-refractivity contribution in [1.29, 1.82) is 0 Å². The highest BCUT2D eigenvalue weighted by molar-refractivity contribution is 5.92. The first-order chi connectivity index (χ1) is 10.9. The highest BCUT2D eigenvalue weighted by Gasteiger charge is 2.30. The number of hydrogen-bond donors (Lipinski definition) is 1. The van der Waals surface area contributed by atoms with Crippen molar-refractivity contribution >= 4 is 5.91 Å². The SMILES string of the molecule is Cc1cc(C)nc([C@@H]2CCN(C(=O)c3cc(C)[nH]c(=O)n3)C2)n1. The molecule has 1 N–H and O–H groups in total. The molecule has 2 aromatic heterocycles. The van der Waals surface area contributed by atoms with Gasteiger partial charge in [0.15, 0.2) is 0 Å². The molecule has 23 heavy (non-hydrogen) atoms. The molecule has 1 saturated heterocycles. The lowest BCUT2D eigenvalue weighted by molar-refractivity contribution is 0.0784. The summed E-state index contributed by atoms with van der Waals surface area (Å²) in [6.45, 7) is 6.79. The molecule has 120 valence electrons. The maximum Gasteiger partial charge on any atom is 0.345 e. The van der Waals surface area contributed by atoms with Crippen LogP contribution in [-0.4, -0.2) is 43.8 Å². The normalized spacial score (nSPS) is 17.5. The van der Waals surface area contributed by atoms with Crippen LogP contribution in [0.5, 0.6) is 0 Å². The average Bonchev–Trinajstić information content (AvgIpc) is 2.94. The molecule has 0 radical (unpaired) electrons. The zero-order chi connectivity index (χ0) is 16.6. The second kappa shape index (κ2) is 5.91. The van der Waals surface area contributed by atoms with Gasteiger partial charge in [-0.3, -0.25) is 4.79 Å². The minimum atomic E-state index is -0.498. The summed E-state index contributed by atoms with van der Waals surface area (Å²) >= 11 is 0. The molecular weight excluding hydrogens is 294 g/mol. The summed E-state index contributed by atoms with van der Waals surface area (Å²) in [6.07, 6.45) is 0.816. The van der Waals surface area contributed by atoms with E-state index >= 15 is 0 Å². The first-order valence-electron chi connectivity index (χ1n) is 7.62. The van der Waals surface area contributed by atoms with Gasteiger partial charge in [0, 0.05) is 36.1 Å². The summed E-state index contributed by atoms with van der Waals surface area (Å²) in [5, 5.41) is 0. The zero-order valence-electron chi connectivity index (χ0n) is 13.5. The molecule has 7 nitrogen and oxygen atoms in total. The van der Waals surface area contributed by atoms with Crippen LogP contribution in [0.25, 0.3) is 0 Å². The van der Waals surface area contributed by atoms with Gasteiger partial charge < -0.3 is 9.88 Å². The molecule has 0 saturated carbocycles. The van der Waals surface area contributed by atoms with Crippen molar-refractivity contribution in [3.63, 3.8) is 0 Å². The van der Waals surface area contributed by atoms with Crippen LogP contribution in [0.4, 0.5) is 0 Å². The van der Waals surface area contributed by atoms with Gasteiger partial charge >= 0.3 is 5.69 Å². The van der Waals surface area contributed by atoms with Crippen molar-refractivity contribution in [2.45, 2.75) is 33.1 Å². The van der Waals surface area contributed by atoms with Crippen molar-refractivity contribution in [2.75, 3.05) is 13.1 Å². The Morgan fingerprint density at radius 2 is 1.87 bits per heavy atom. The Morgan fingerprint density at radius 1 is 1.17 bits per heavy atom. The molecule has 3 rings (SSSR count). The van der Waals surface area contributed by atoms with E-state index in [1.54, 1.807) is 17.9 Å². The quantitative estimate of drug-likeness (QED) is 0.897. The van der Waals surface area contributed by atoms with Crippen LogP contribution in [0.1, 0.15) is 45.7 Å². The van der Waals surface area contributed by atoms with Gasteiger partial charge in [0.1, 0.15) is 11.5 Å². The second-order valence-corrected chi connectivity index (χ2v) is 6.00. The monoisotopic (exact) mass is 313 g/mol. The molecule has 3 heterocycles. The molecule has 0 aliphatic carbocycles. The number of aromatic nitrogens is 4. The van der Waals surface area contributed by atoms with Gasteiger partial charge in [-0.05, 0) is 39.3 Å². The number of carbonyl (C=O) groups is 1. The Morgan fingerprint density at radius 3 is 2.52 bits per heavy atom. The van der Waals surface area contributed by atoms with Crippen molar-refractivity contribution in [3.8, 4) is 0 Å². The first-order valence-corrected chi connectivity index (χ1v) is 7.62. The maximum atomic E-state index is 12.5. The summed E-state index contributed by atoms with van der Waals surface area (Å²) in [7, 11) is 0. The van der Waals surface area contributed by atoms with E-state index in [1.165, 1.54) is 0 Å². The van der Waals surface area contributed by atoms with Crippen LogP contribution in [0.15, 0.2) is 16.9 Å². The largest absolute Gasteiger partial charge is 0.345 e. The molecule has 0 unspecified atom stereocenters. The topological polar surface area (TPSA) is 91.8 Å². The Balaban J connectivity index is 1.79. The number of carbonyl (C=O) groups excluding carboxylic acids is 1. The summed E-state index contributed by atoms with van der Waals surface area (Å²) in [5.41, 5.74) is 2.19. The Bertz CT molecular complexity index is 794. The molecule has 2 aromatic rings. The molecule has 1 fully saturated rings. The number of hydrogen-bond acceptors (Lipinski definition) is 5. The van der Waals surface area contributed by atoms with Gasteiger partial charge in [-0.15, -0.1) is 0 Å². The maximum absolute atomic E-state index is 12.5. The summed E-state index contributed by atoms with van der Waals surface area (Å²) < 4.78 is 0. The van der Waals surface area contributed by atoms with Gasteiger partial charge in [-0.25, -0.2) is 14.8 Å². The third-order valence-corrected chi connectivity index (χ3v) is 3.94. The van der Waals surface area contributed by atoms with Crippen LogP contribution >= 0.6 is 0 Å². The minimum absolute atomic E-state index is 0.126. The van der Waals surface area contributed by atoms with Crippen LogP contribution in [-0.2, 0) is 0 Å². The molecule has 1 aliphatic heterocycles. The van der Waals surface area contributed by atoms with Crippen LogP contribution in [0.3, 0.4) is 0 Å². The number of rotatable bonds is 2. The van der Waals surface area contributed by atoms with E-state index in [4.69, 9.17) is 0 Å². The van der Waals surface area contributed by atoms with E-state index in [9.17, 15) is 9.59 Å². The lowest BCUT2D eigenvalue weighted by Crippen LogP contribution is -2.31. The first kappa shape index (κ1) is 15.3. The fourth-order valence-electron chi connectivity index (χ4n) is 2.94. The smallest absolute Gasteiger partial charge is 0.337 e. The number of amides is 1. The van der Waals surface area contributed by atoms with E-state index in [0.29, 0.717) is 18.8 Å². The Labute approximate surface area is 133 Å². The minimum Gasteiger partial charge on any atom is -0.337 e. The third-order valence-electron chi connectivity index (χ3n) is 3.94. The van der Waals surface area contributed by atoms with Crippen LogP contribution in [0, 0.1) is 20.8 Å². The van der Waals surface area contributed by atoms with E-state index in [-0.39, 0.29) is 17.5 Å². The van der Waals surface area contributed by atoms with Gasteiger partial charge in [-0.1, -0.05) is 0 Å². The van der Waals surface area contributed by atoms with Crippen molar-refractivity contribution in [3.05, 3.63) is 51.2 Å². The van der Waals surface area contributed by atoms with Crippen molar-refractivity contribution in [2.24, 2.45) is 0 Å². The third kappa shape index (κ3) is 3.28. The fourth-order valence-corrected chi connectivity index (χ4v) is 2.94. The summed E-state index contributed by atoms with van der Waals surface area (Å²) in [5.74, 6) is 0.694. The molecular formula is C16H19N5O2. The second-order valence-electron chi connectivity index (χ2n) is 6.00. The van der Waals surface area contributed by atoms with Gasteiger partial charge in [-0.2, -0.15) is 4.98 Å². The molecule has 1 amide bonds. The number of aromatic amines is 1. The number of H-pyrrole nitrogens is 1. The average molecular weight is 313 g/mol. The highest BCUT2D eigenvalue weighted by Crippen LogP contribution is 2.26. The van der Waals surface area contributed by atoms with E-state index in [2.05, 4.69) is 19.9 Å². The molecule has 0 aromatic carbocycles. The number of aryl methyl sites for hydroxylation is 3. The molecule has 1 atom stereocenters. The summed E-state index contributed by atoms with van der Waals surface area (Å²) in [4.78, 5) is 41.0.